The minimum Gasteiger partial charge on any atom is -0.316 e. The van der Waals surface area contributed by atoms with Crippen LogP contribution in [0.4, 0.5) is 0 Å². The molecule has 2 heteroatoms. The van der Waals surface area contributed by atoms with Gasteiger partial charge in [-0.2, -0.15) is 0 Å². The van der Waals surface area contributed by atoms with Gasteiger partial charge in [-0.1, -0.05) is 18.2 Å². The topological polar surface area (TPSA) is 24.9 Å². The third-order valence-electron chi connectivity index (χ3n) is 3.69. The molecule has 1 unspecified atom stereocenters. The molecule has 0 saturated carbocycles. The number of hydrogen-bond donors (Lipinski definition) is 1. The lowest BCUT2D eigenvalue weighted by Crippen LogP contribution is -2.29. The van der Waals surface area contributed by atoms with E-state index < -0.39 is 0 Å². The van der Waals surface area contributed by atoms with E-state index in [9.17, 15) is 0 Å². The summed E-state index contributed by atoms with van der Waals surface area (Å²) in [5, 5.41) is 3.41. The predicted molar refractivity (Wildman–Crippen MR) is 80.4 cm³/mol. The first-order valence-corrected chi connectivity index (χ1v) is 6.81. The second-order valence-corrected chi connectivity index (χ2v) is 5.17. The lowest BCUT2D eigenvalue weighted by molar-refractivity contribution is 0.556. The average molecular weight is 254 g/mol. The second-order valence-electron chi connectivity index (χ2n) is 5.17. The van der Waals surface area contributed by atoms with Crippen LogP contribution in [0.15, 0.2) is 42.7 Å². The Hall–Kier alpha value is -1.67. The van der Waals surface area contributed by atoms with E-state index in [4.69, 9.17) is 0 Å². The molecule has 0 aliphatic rings. The summed E-state index contributed by atoms with van der Waals surface area (Å²) < 4.78 is 0. The molecule has 0 fully saturated rings. The average Bonchev–Trinajstić information content (AvgIpc) is 2.43. The minimum absolute atomic E-state index is 0.463. The van der Waals surface area contributed by atoms with Crippen molar-refractivity contribution in [3.05, 3.63) is 65.0 Å². The van der Waals surface area contributed by atoms with Crippen LogP contribution in [-0.4, -0.2) is 18.1 Å². The Bertz CT molecular complexity index is 520. The molecule has 2 aromatic rings. The molecule has 0 aliphatic heterocycles. The van der Waals surface area contributed by atoms with Crippen LogP contribution in [0.5, 0.6) is 0 Å². The van der Waals surface area contributed by atoms with Crippen molar-refractivity contribution in [2.75, 3.05) is 7.05 Å². The number of hydrogen-bond acceptors (Lipinski definition) is 2. The zero-order valence-corrected chi connectivity index (χ0v) is 12.0. The van der Waals surface area contributed by atoms with E-state index in [1.807, 2.05) is 19.4 Å². The van der Waals surface area contributed by atoms with Gasteiger partial charge in [0.15, 0.2) is 0 Å². The maximum Gasteiger partial charge on any atom is 0.0270 e. The molecular formula is C17H22N2. The summed E-state index contributed by atoms with van der Waals surface area (Å²) in [5.41, 5.74) is 5.46. The van der Waals surface area contributed by atoms with Gasteiger partial charge in [-0.25, -0.2) is 0 Å². The van der Waals surface area contributed by atoms with E-state index in [-0.39, 0.29) is 0 Å². The number of nitrogens with one attached hydrogen (secondary N) is 1. The fourth-order valence-electron chi connectivity index (χ4n) is 2.29. The summed E-state index contributed by atoms with van der Waals surface area (Å²) in [6, 6.07) is 11.4. The number of rotatable bonds is 5. The lowest BCUT2D eigenvalue weighted by Gasteiger charge is -2.17. The lowest BCUT2D eigenvalue weighted by atomic mass is 9.97. The highest BCUT2D eigenvalue weighted by atomic mass is 14.9. The summed E-state index contributed by atoms with van der Waals surface area (Å²) >= 11 is 0. The van der Waals surface area contributed by atoms with Crippen molar-refractivity contribution in [1.29, 1.82) is 0 Å². The third kappa shape index (κ3) is 3.90. The molecule has 0 bridgehead atoms. The van der Waals surface area contributed by atoms with Crippen molar-refractivity contribution >= 4 is 0 Å². The van der Waals surface area contributed by atoms with Crippen molar-refractivity contribution in [3.63, 3.8) is 0 Å². The van der Waals surface area contributed by atoms with Gasteiger partial charge in [0.2, 0.25) is 0 Å². The first kappa shape index (κ1) is 13.8. The summed E-state index contributed by atoms with van der Waals surface area (Å²) in [6.45, 7) is 4.34. The zero-order valence-electron chi connectivity index (χ0n) is 12.0. The number of nitrogens with zero attached hydrogens (tertiary/aromatic N) is 1. The quantitative estimate of drug-likeness (QED) is 0.887. The molecule has 19 heavy (non-hydrogen) atoms. The first-order valence-electron chi connectivity index (χ1n) is 6.81. The van der Waals surface area contributed by atoms with Crippen LogP contribution in [0.3, 0.4) is 0 Å². The van der Waals surface area contributed by atoms with Gasteiger partial charge in [0, 0.05) is 18.4 Å². The highest BCUT2D eigenvalue weighted by Crippen LogP contribution is 2.13. The van der Waals surface area contributed by atoms with E-state index in [0.717, 1.165) is 12.8 Å². The molecule has 0 aliphatic carbocycles. The van der Waals surface area contributed by atoms with Crippen LogP contribution in [0.1, 0.15) is 22.3 Å². The Morgan fingerprint density at radius 2 is 1.63 bits per heavy atom. The maximum absolute atomic E-state index is 4.06. The number of benzene rings is 1. The van der Waals surface area contributed by atoms with Gasteiger partial charge >= 0.3 is 0 Å². The highest BCUT2D eigenvalue weighted by molar-refractivity contribution is 5.30. The van der Waals surface area contributed by atoms with Crippen LogP contribution in [0.25, 0.3) is 0 Å². The fourth-order valence-corrected chi connectivity index (χ4v) is 2.29. The Morgan fingerprint density at radius 3 is 2.26 bits per heavy atom. The van der Waals surface area contributed by atoms with Crippen molar-refractivity contribution in [2.45, 2.75) is 32.7 Å². The van der Waals surface area contributed by atoms with E-state index in [0.29, 0.717) is 6.04 Å². The summed E-state index contributed by atoms with van der Waals surface area (Å²) in [5.74, 6) is 0. The number of aryl methyl sites for hydroxylation is 2. The molecule has 0 radical (unpaired) electrons. The molecule has 0 amide bonds. The molecule has 1 aromatic carbocycles. The van der Waals surface area contributed by atoms with Crippen molar-refractivity contribution in [2.24, 2.45) is 0 Å². The molecular weight excluding hydrogens is 232 g/mol. The number of likely N-dealkylation sites (N-methyl/N-ethyl adjacent to an activating group) is 1. The largest absolute Gasteiger partial charge is 0.316 e. The van der Waals surface area contributed by atoms with Crippen molar-refractivity contribution in [1.82, 2.24) is 10.3 Å². The Balaban J connectivity index is 2.04. The van der Waals surface area contributed by atoms with Gasteiger partial charge in [-0.05, 0) is 68.1 Å². The van der Waals surface area contributed by atoms with Gasteiger partial charge in [0.05, 0.1) is 0 Å². The molecule has 1 aromatic heterocycles. The monoisotopic (exact) mass is 254 g/mol. The Morgan fingerprint density at radius 1 is 0.947 bits per heavy atom. The van der Waals surface area contributed by atoms with E-state index >= 15 is 0 Å². The normalized spacial score (nSPS) is 12.4. The van der Waals surface area contributed by atoms with Crippen molar-refractivity contribution in [3.8, 4) is 0 Å². The molecule has 100 valence electrons. The SMILES string of the molecule is CNC(Cc1ccncc1)Cc1ccc(C)c(C)c1. The number of aromatic nitrogens is 1. The Kier molecular flexibility index (Phi) is 4.69. The third-order valence-corrected chi connectivity index (χ3v) is 3.69. The van der Waals surface area contributed by atoms with E-state index in [1.54, 1.807) is 0 Å². The van der Waals surface area contributed by atoms with E-state index in [2.05, 4.69) is 54.5 Å². The minimum atomic E-state index is 0.463. The Labute approximate surface area is 115 Å². The molecule has 1 atom stereocenters. The molecule has 0 spiro atoms. The molecule has 2 rings (SSSR count). The van der Waals surface area contributed by atoms with Gasteiger partial charge in [0.1, 0.15) is 0 Å². The molecule has 2 nitrogen and oxygen atoms in total. The van der Waals surface area contributed by atoms with Crippen LogP contribution in [0.2, 0.25) is 0 Å². The number of pyridine rings is 1. The molecule has 0 saturated heterocycles. The van der Waals surface area contributed by atoms with Gasteiger partial charge in [-0.15, -0.1) is 0 Å². The van der Waals surface area contributed by atoms with E-state index in [1.165, 1.54) is 22.3 Å². The van der Waals surface area contributed by atoms with Crippen LogP contribution in [-0.2, 0) is 12.8 Å². The fraction of sp³-hybridized carbons (Fsp3) is 0.353. The summed E-state index contributed by atoms with van der Waals surface area (Å²) in [7, 11) is 2.03. The predicted octanol–water partition coefficient (Wildman–Crippen LogP) is 3.07. The second kappa shape index (κ2) is 6.48. The highest BCUT2D eigenvalue weighted by Gasteiger charge is 2.09. The van der Waals surface area contributed by atoms with Crippen LogP contribution >= 0.6 is 0 Å². The molecule has 1 N–H and O–H groups in total. The zero-order chi connectivity index (χ0) is 13.7. The molecule has 1 heterocycles. The summed E-state index contributed by atoms with van der Waals surface area (Å²) in [4.78, 5) is 4.06. The van der Waals surface area contributed by atoms with Crippen LogP contribution in [0, 0.1) is 13.8 Å². The van der Waals surface area contributed by atoms with Gasteiger partial charge < -0.3 is 5.32 Å². The van der Waals surface area contributed by atoms with Crippen molar-refractivity contribution < 1.29 is 0 Å². The standard InChI is InChI=1S/C17H22N2/c1-13-4-5-16(10-14(13)2)12-17(18-3)11-15-6-8-19-9-7-15/h4-10,17-18H,11-12H2,1-3H3. The first-order chi connectivity index (χ1) is 9.19. The maximum atomic E-state index is 4.06. The smallest absolute Gasteiger partial charge is 0.0270 e. The van der Waals surface area contributed by atoms with Gasteiger partial charge in [0.25, 0.3) is 0 Å². The van der Waals surface area contributed by atoms with Crippen LogP contribution < -0.4 is 5.32 Å². The summed E-state index contributed by atoms with van der Waals surface area (Å²) in [6.07, 6.45) is 5.81. The van der Waals surface area contributed by atoms with Gasteiger partial charge in [-0.3, -0.25) is 4.98 Å².